The molecule has 0 unspecified atom stereocenters. The molecule has 1 aliphatic heterocycles. The minimum Gasteiger partial charge on any atom is -0.458 e. The molecule has 0 spiro atoms. The molecule has 3 heterocycles. The number of nitro groups is 1. The number of hydrogen-bond donors (Lipinski definition) is 0. The van der Waals surface area contributed by atoms with E-state index in [0.717, 1.165) is 17.3 Å². The van der Waals surface area contributed by atoms with Gasteiger partial charge in [0, 0.05) is 18.5 Å². The predicted octanol–water partition coefficient (Wildman–Crippen LogP) is 1.89. The fourth-order valence-corrected chi connectivity index (χ4v) is 3.21. The molecule has 2 amide bonds. The number of fused-ring (bicyclic) bond motifs is 2. The number of nitrogens with zero attached hydrogens (tertiary/aromatic N) is 4. The highest BCUT2D eigenvalue weighted by Crippen LogP contribution is 2.30. The topological polar surface area (TPSA) is 124 Å². The van der Waals surface area contributed by atoms with Gasteiger partial charge in [0.1, 0.15) is 24.4 Å². The van der Waals surface area contributed by atoms with Crippen LogP contribution in [0.5, 0.6) is 0 Å². The summed E-state index contributed by atoms with van der Waals surface area (Å²) in [6.45, 7) is 1.12. The lowest BCUT2D eigenvalue weighted by molar-refractivity contribution is -0.385. The average Bonchev–Trinajstić information content (AvgIpc) is 3.22. The molecule has 0 radical (unpaired) electrons. The van der Waals surface area contributed by atoms with Crippen LogP contribution < -0.4 is 0 Å². The molecule has 0 N–H and O–H groups in total. The molecule has 1 aromatic carbocycles. The Morgan fingerprint density at radius 3 is 2.72 bits per heavy atom. The Bertz CT molecular complexity index is 1200. The van der Waals surface area contributed by atoms with E-state index in [1.54, 1.807) is 10.6 Å². The van der Waals surface area contributed by atoms with Gasteiger partial charge in [0.15, 0.2) is 0 Å². The van der Waals surface area contributed by atoms with Crippen molar-refractivity contribution in [1.29, 1.82) is 0 Å². The van der Waals surface area contributed by atoms with Gasteiger partial charge < -0.3 is 9.14 Å². The summed E-state index contributed by atoms with van der Waals surface area (Å²) in [4.78, 5) is 52.5. The number of esters is 1. The van der Waals surface area contributed by atoms with E-state index < -0.39 is 34.9 Å². The first kappa shape index (κ1) is 18.3. The van der Waals surface area contributed by atoms with Crippen LogP contribution in [0.15, 0.2) is 42.7 Å². The highest BCUT2D eigenvalue weighted by molar-refractivity contribution is 6.24. The summed E-state index contributed by atoms with van der Waals surface area (Å²) in [7, 11) is 0. The van der Waals surface area contributed by atoms with Crippen LogP contribution in [0.4, 0.5) is 5.69 Å². The number of imidazole rings is 1. The maximum absolute atomic E-state index is 12.5. The lowest BCUT2D eigenvalue weighted by Crippen LogP contribution is -2.35. The predicted molar refractivity (Wildman–Crippen MR) is 98.2 cm³/mol. The summed E-state index contributed by atoms with van der Waals surface area (Å²) < 4.78 is 6.93. The van der Waals surface area contributed by atoms with Crippen molar-refractivity contribution in [1.82, 2.24) is 14.3 Å². The molecule has 10 nitrogen and oxygen atoms in total. The van der Waals surface area contributed by atoms with Crippen molar-refractivity contribution in [3.05, 3.63) is 75.2 Å². The normalized spacial score (nSPS) is 13.1. The molecule has 0 fully saturated rings. The number of carbonyl (C=O) groups is 3. The number of ether oxygens (including phenoxy) is 1. The van der Waals surface area contributed by atoms with Crippen molar-refractivity contribution in [2.75, 3.05) is 6.54 Å². The highest BCUT2D eigenvalue weighted by atomic mass is 16.6. The standard InChI is InChI=1S/C19H14N4O6/c1-11-4-3-7-21-8-12(20-17(11)21)10-29-15(24)9-22-18(25)13-5-2-6-14(23(27)28)16(13)19(22)26/h2-8H,9-10H2,1H3. The monoisotopic (exact) mass is 394 g/mol. The van der Waals surface area contributed by atoms with Crippen molar-refractivity contribution in [3.63, 3.8) is 0 Å². The van der Waals surface area contributed by atoms with Crippen LogP contribution in [-0.4, -0.2) is 43.5 Å². The summed E-state index contributed by atoms with van der Waals surface area (Å²) in [6.07, 6.45) is 3.52. The second-order valence-corrected chi connectivity index (χ2v) is 6.47. The number of pyridine rings is 1. The summed E-state index contributed by atoms with van der Waals surface area (Å²) in [5, 5.41) is 11.1. The molecular formula is C19H14N4O6. The Morgan fingerprint density at radius 1 is 1.21 bits per heavy atom. The van der Waals surface area contributed by atoms with Gasteiger partial charge in [0.25, 0.3) is 17.5 Å². The molecule has 3 aromatic rings. The third-order valence-corrected chi connectivity index (χ3v) is 4.57. The van der Waals surface area contributed by atoms with Gasteiger partial charge in [-0.05, 0) is 24.6 Å². The van der Waals surface area contributed by atoms with Gasteiger partial charge in [-0.2, -0.15) is 0 Å². The number of amides is 2. The lowest BCUT2D eigenvalue weighted by Gasteiger charge is -2.12. The molecule has 29 heavy (non-hydrogen) atoms. The van der Waals surface area contributed by atoms with Crippen molar-refractivity contribution < 1.29 is 24.0 Å². The van der Waals surface area contributed by atoms with E-state index in [1.165, 1.54) is 12.1 Å². The van der Waals surface area contributed by atoms with Crippen LogP contribution in [0.1, 0.15) is 32.0 Å². The number of aryl methyl sites for hydroxylation is 1. The number of hydrogen-bond acceptors (Lipinski definition) is 7. The van der Waals surface area contributed by atoms with E-state index in [9.17, 15) is 24.5 Å². The van der Waals surface area contributed by atoms with E-state index >= 15 is 0 Å². The summed E-state index contributed by atoms with van der Waals surface area (Å²) in [5.41, 5.74) is 1.30. The zero-order valence-corrected chi connectivity index (χ0v) is 15.2. The second-order valence-electron chi connectivity index (χ2n) is 6.47. The Hall–Kier alpha value is -4.08. The van der Waals surface area contributed by atoms with Crippen LogP contribution in [-0.2, 0) is 16.1 Å². The average molecular weight is 394 g/mol. The van der Waals surface area contributed by atoms with Crippen LogP contribution >= 0.6 is 0 Å². The Labute approximate surface area is 163 Å². The van der Waals surface area contributed by atoms with Gasteiger partial charge in [-0.25, -0.2) is 4.98 Å². The molecule has 0 aliphatic carbocycles. The van der Waals surface area contributed by atoms with Gasteiger partial charge in [-0.3, -0.25) is 29.4 Å². The summed E-state index contributed by atoms with van der Waals surface area (Å²) in [5.74, 6) is -2.48. The Morgan fingerprint density at radius 2 is 2.00 bits per heavy atom. The van der Waals surface area contributed by atoms with Gasteiger partial charge >= 0.3 is 5.97 Å². The van der Waals surface area contributed by atoms with E-state index in [-0.39, 0.29) is 17.7 Å². The second kappa shape index (κ2) is 6.82. The first-order chi connectivity index (χ1) is 13.9. The number of nitro benzene ring substituents is 1. The van der Waals surface area contributed by atoms with Crippen molar-refractivity contribution >= 4 is 29.1 Å². The highest BCUT2D eigenvalue weighted by Gasteiger charge is 2.41. The molecule has 0 saturated carbocycles. The molecule has 1 aliphatic rings. The maximum Gasteiger partial charge on any atom is 0.326 e. The van der Waals surface area contributed by atoms with Crippen LogP contribution in [0.3, 0.4) is 0 Å². The Kier molecular flexibility index (Phi) is 4.30. The van der Waals surface area contributed by atoms with Crippen molar-refractivity contribution in [2.45, 2.75) is 13.5 Å². The van der Waals surface area contributed by atoms with Gasteiger partial charge in [-0.1, -0.05) is 12.1 Å². The lowest BCUT2D eigenvalue weighted by atomic mass is 10.1. The fourth-order valence-electron chi connectivity index (χ4n) is 3.21. The number of imide groups is 1. The zero-order valence-electron chi connectivity index (χ0n) is 15.2. The molecule has 0 bridgehead atoms. The third kappa shape index (κ3) is 3.10. The van der Waals surface area contributed by atoms with Crippen molar-refractivity contribution in [3.8, 4) is 0 Å². The van der Waals surface area contributed by atoms with Crippen LogP contribution in [0.2, 0.25) is 0 Å². The number of rotatable bonds is 5. The smallest absolute Gasteiger partial charge is 0.326 e. The quantitative estimate of drug-likeness (QED) is 0.280. The Balaban J connectivity index is 1.46. The van der Waals surface area contributed by atoms with E-state index in [0.29, 0.717) is 10.6 Å². The van der Waals surface area contributed by atoms with Gasteiger partial charge in [-0.15, -0.1) is 0 Å². The van der Waals surface area contributed by atoms with Crippen LogP contribution in [0.25, 0.3) is 5.65 Å². The SMILES string of the molecule is Cc1cccn2cc(COC(=O)CN3C(=O)c4cccc([N+](=O)[O-])c4C3=O)nc12. The molecule has 2 aromatic heterocycles. The third-order valence-electron chi connectivity index (χ3n) is 4.57. The van der Waals surface area contributed by atoms with Crippen molar-refractivity contribution in [2.24, 2.45) is 0 Å². The molecule has 10 heteroatoms. The fraction of sp³-hybridized carbons (Fsp3) is 0.158. The maximum atomic E-state index is 12.5. The van der Waals surface area contributed by atoms with Crippen LogP contribution in [0, 0.1) is 17.0 Å². The molecule has 146 valence electrons. The molecule has 4 rings (SSSR count). The minimum absolute atomic E-state index is 0.104. The summed E-state index contributed by atoms with van der Waals surface area (Å²) in [6, 6.07) is 7.53. The number of carbonyl (C=O) groups excluding carboxylic acids is 3. The van der Waals surface area contributed by atoms with Gasteiger partial charge in [0.05, 0.1) is 16.2 Å². The number of aromatic nitrogens is 2. The number of benzene rings is 1. The van der Waals surface area contributed by atoms with E-state index in [1.807, 2.05) is 25.3 Å². The first-order valence-corrected chi connectivity index (χ1v) is 8.59. The minimum atomic E-state index is -0.891. The van der Waals surface area contributed by atoms with E-state index in [4.69, 9.17) is 4.74 Å². The molecular weight excluding hydrogens is 380 g/mol. The molecule has 0 atom stereocenters. The first-order valence-electron chi connectivity index (χ1n) is 8.59. The summed E-state index contributed by atoms with van der Waals surface area (Å²) >= 11 is 0. The van der Waals surface area contributed by atoms with Gasteiger partial charge in [0.2, 0.25) is 0 Å². The zero-order chi connectivity index (χ0) is 20.7. The van der Waals surface area contributed by atoms with E-state index in [2.05, 4.69) is 4.98 Å². The largest absolute Gasteiger partial charge is 0.458 e. The molecule has 0 saturated heterocycles.